The van der Waals surface area contributed by atoms with Gasteiger partial charge in [0.05, 0.1) is 31.5 Å². The summed E-state index contributed by atoms with van der Waals surface area (Å²) in [4.78, 5) is 11.0. The molecule has 5 nitrogen and oxygen atoms in total. The number of aromatic nitrogens is 1. The van der Waals surface area contributed by atoms with E-state index in [2.05, 4.69) is 9.68 Å². The molecule has 0 aliphatic heterocycles. The van der Waals surface area contributed by atoms with Gasteiger partial charge in [0.2, 0.25) is 0 Å². The molecule has 0 radical (unpaired) electrons. The molecular formula is C11H11NO4. The van der Waals surface area contributed by atoms with E-state index in [0.717, 1.165) is 0 Å². The molecule has 0 aliphatic rings. The lowest BCUT2D eigenvalue weighted by Gasteiger charge is -2.10. The van der Waals surface area contributed by atoms with Crippen LogP contribution in [0.5, 0.6) is 11.5 Å². The number of hydrogen-bond acceptors (Lipinski definition) is 4. The first kappa shape index (κ1) is 10.4. The summed E-state index contributed by atoms with van der Waals surface area (Å²) < 4.78 is 15.0. The van der Waals surface area contributed by atoms with Gasteiger partial charge in [0, 0.05) is 0 Å². The molecule has 0 bridgehead atoms. The molecule has 2 aromatic rings. The van der Waals surface area contributed by atoms with Crippen LogP contribution in [-0.2, 0) is 0 Å². The number of rotatable bonds is 3. The van der Waals surface area contributed by atoms with E-state index in [0.29, 0.717) is 22.8 Å². The number of ether oxygens (including phenoxy) is 2. The average Bonchev–Trinajstić information content (AvgIpc) is 2.74. The molecule has 0 atom stereocenters. The zero-order valence-electron chi connectivity index (χ0n) is 8.94. The molecule has 0 saturated carbocycles. The van der Waals surface area contributed by atoms with Crippen molar-refractivity contribution in [1.82, 2.24) is 5.16 Å². The molecule has 1 heterocycles. The van der Waals surface area contributed by atoms with E-state index in [1.807, 2.05) is 0 Å². The van der Waals surface area contributed by atoms with Crippen molar-refractivity contribution in [1.29, 1.82) is 0 Å². The molecule has 0 aliphatic carbocycles. The molecule has 1 aromatic heterocycles. The maximum Gasteiger partial charge on any atom is 0.357 e. The maximum atomic E-state index is 11.0. The molecule has 0 saturated heterocycles. The third-order valence-electron chi connectivity index (χ3n) is 2.22. The first-order valence-corrected chi connectivity index (χ1v) is 4.66. The van der Waals surface area contributed by atoms with Crippen molar-refractivity contribution in [3.8, 4) is 22.8 Å². The summed E-state index contributed by atoms with van der Waals surface area (Å²) in [7, 11) is 3.10. The predicted molar refractivity (Wildman–Crippen MR) is 57.9 cm³/mol. The number of benzene rings is 1. The minimum atomic E-state index is -0.442. The summed E-state index contributed by atoms with van der Waals surface area (Å²) in [5.74, 6) is 1.22. The molecule has 16 heavy (non-hydrogen) atoms. The molecule has 0 unspecified atom stereocenters. The van der Waals surface area contributed by atoms with E-state index in [9.17, 15) is 4.79 Å². The van der Waals surface area contributed by atoms with Crippen LogP contribution in [-0.4, -0.2) is 19.4 Å². The SMILES string of the molecule is COc1cccc(OC)c1-c1cc(=O)o[nH]1. The van der Waals surface area contributed by atoms with E-state index >= 15 is 0 Å². The Morgan fingerprint density at radius 3 is 2.25 bits per heavy atom. The van der Waals surface area contributed by atoms with Crippen LogP contribution < -0.4 is 15.1 Å². The molecule has 1 N–H and O–H groups in total. The van der Waals surface area contributed by atoms with Crippen LogP contribution >= 0.6 is 0 Å². The Bertz CT molecular complexity index is 519. The van der Waals surface area contributed by atoms with Gasteiger partial charge in [-0.2, -0.15) is 0 Å². The van der Waals surface area contributed by atoms with Gasteiger partial charge in [0.25, 0.3) is 0 Å². The summed E-state index contributed by atoms with van der Waals surface area (Å²) in [6, 6.07) is 6.71. The number of hydrogen-bond donors (Lipinski definition) is 1. The minimum absolute atomic E-state index is 0.442. The van der Waals surface area contributed by atoms with Gasteiger partial charge in [0.1, 0.15) is 11.5 Å². The largest absolute Gasteiger partial charge is 0.496 e. The topological polar surface area (TPSA) is 64.5 Å². The third kappa shape index (κ3) is 1.67. The number of nitrogens with one attached hydrogen (secondary N) is 1. The second-order valence-corrected chi connectivity index (χ2v) is 3.12. The van der Waals surface area contributed by atoms with E-state index in [4.69, 9.17) is 9.47 Å². The second kappa shape index (κ2) is 4.14. The number of aromatic amines is 1. The van der Waals surface area contributed by atoms with Crippen LogP contribution in [0.4, 0.5) is 0 Å². The summed E-state index contributed by atoms with van der Waals surface area (Å²) in [5, 5.41) is 2.52. The standard InChI is InChI=1S/C11H11NO4/c1-14-8-4-3-5-9(15-2)11(8)7-6-10(13)16-12-7/h3-6,12H,1-2H3. The van der Waals surface area contributed by atoms with Gasteiger partial charge in [0.15, 0.2) is 0 Å². The van der Waals surface area contributed by atoms with Gasteiger partial charge in [-0.05, 0) is 12.1 Å². The van der Waals surface area contributed by atoms with E-state index in [1.165, 1.54) is 6.07 Å². The molecule has 2 rings (SSSR count). The van der Waals surface area contributed by atoms with Crippen molar-refractivity contribution < 1.29 is 14.0 Å². The van der Waals surface area contributed by atoms with E-state index in [1.54, 1.807) is 32.4 Å². The van der Waals surface area contributed by atoms with Gasteiger partial charge >= 0.3 is 5.63 Å². The van der Waals surface area contributed by atoms with E-state index in [-0.39, 0.29) is 0 Å². The minimum Gasteiger partial charge on any atom is -0.496 e. The lowest BCUT2D eigenvalue weighted by atomic mass is 10.1. The Hall–Kier alpha value is -2.17. The zero-order valence-corrected chi connectivity index (χ0v) is 8.94. The molecule has 5 heteroatoms. The molecular weight excluding hydrogens is 210 g/mol. The highest BCUT2D eigenvalue weighted by Crippen LogP contribution is 2.36. The van der Waals surface area contributed by atoms with Crippen molar-refractivity contribution >= 4 is 0 Å². The fourth-order valence-corrected chi connectivity index (χ4v) is 1.52. The second-order valence-electron chi connectivity index (χ2n) is 3.12. The van der Waals surface area contributed by atoms with Crippen molar-refractivity contribution in [2.24, 2.45) is 0 Å². The van der Waals surface area contributed by atoms with Crippen LogP contribution in [0, 0.1) is 0 Å². The highest BCUT2D eigenvalue weighted by Gasteiger charge is 2.14. The van der Waals surface area contributed by atoms with E-state index < -0.39 is 5.63 Å². The normalized spacial score (nSPS) is 10.1. The third-order valence-corrected chi connectivity index (χ3v) is 2.22. The monoisotopic (exact) mass is 221 g/mol. The predicted octanol–water partition coefficient (Wildman–Crippen LogP) is 1.65. The van der Waals surface area contributed by atoms with Gasteiger partial charge in [-0.15, -0.1) is 0 Å². The fraction of sp³-hybridized carbons (Fsp3) is 0.182. The highest BCUT2D eigenvalue weighted by atomic mass is 16.5. The quantitative estimate of drug-likeness (QED) is 0.855. The average molecular weight is 221 g/mol. The number of H-pyrrole nitrogens is 1. The summed E-state index contributed by atoms with van der Waals surface area (Å²) >= 11 is 0. The van der Waals surface area contributed by atoms with Gasteiger partial charge < -0.3 is 14.0 Å². The van der Waals surface area contributed by atoms with Crippen LogP contribution in [0.1, 0.15) is 0 Å². The first-order valence-electron chi connectivity index (χ1n) is 4.66. The molecule has 1 aromatic carbocycles. The van der Waals surface area contributed by atoms with Gasteiger partial charge in [-0.3, -0.25) is 0 Å². The molecule has 0 amide bonds. The Morgan fingerprint density at radius 1 is 1.19 bits per heavy atom. The van der Waals surface area contributed by atoms with Crippen molar-refractivity contribution in [3.05, 3.63) is 34.7 Å². The maximum absolute atomic E-state index is 11.0. The Kier molecular flexibility index (Phi) is 2.68. The summed E-state index contributed by atoms with van der Waals surface area (Å²) in [6.45, 7) is 0. The molecule has 84 valence electrons. The Balaban J connectivity index is 2.65. The Morgan fingerprint density at radius 2 is 1.81 bits per heavy atom. The van der Waals surface area contributed by atoms with Crippen molar-refractivity contribution in [2.45, 2.75) is 0 Å². The van der Waals surface area contributed by atoms with Crippen LogP contribution in [0.25, 0.3) is 11.3 Å². The van der Waals surface area contributed by atoms with Gasteiger partial charge in [-0.25, -0.2) is 9.95 Å². The zero-order chi connectivity index (χ0) is 11.5. The smallest absolute Gasteiger partial charge is 0.357 e. The van der Waals surface area contributed by atoms with Crippen LogP contribution in [0.3, 0.4) is 0 Å². The lowest BCUT2D eigenvalue weighted by Crippen LogP contribution is -1.93. The van der Waals surface area contributed by atoms with Crippen molar-refractivity contribution in [3.63, 3.8) is 0 Å². The van der Waals surface area contributed by atoms with Crippen molar-refractivity contribution in [2.75, 3.05) is 14.2 Å². The number of methoxy groups -OCH3 is 2. The van der Waals surface area contributed by atoms with Crippen LogP contribution in [0.2, 0.25) is 0 Å². The Labute approximate surface area is 91.6 Å². The fourth-order valence-electron chi connectivity index (χ4n) is 1.52. The lowest BCUT2D eigenvalue weighted by molar-refractivity contribution is 0.386. The molecule has 0 spiro atoms. The summed E-state index contributed by atoms with van der Waals surface area (Å²) in [6.07, 6.45) is 0. The highest BCUT2D eigenvalue weighted by molar-refractivity contribution is 5.73. The van der Waals surface area contributed by atoms with Crippen LogP contribution in [0.15, 0.2) is 33.6 Å². The summed E-state index contributed by atoms with van der Waals surface area (Å²) in [5.41, 5.74) is 0.751. The first-order chi connectivity index (χ1) is 7.76. The molecule has 0 fully saturated rings. The van der Waals surface area contributed by atoms with Gasteiger partial charge in [-0.1, -0.05) is 6.07 Å².